The van der Waals surface area contributed by atoms with Crippen LogP contribution in [0.15, 0.2) is 24.3 Å². The van der Waals surface area contributed by atoms with Gasteiger partial charge < -0.3 is 10.6 Å². The third-order valence-corrected chi connectivity index (χ3v) is 3.96. The van der Waals surface area contributed by atoms with Gasteiger partial charge in [-0.2, -0.15) is 18.4 Å². The number of carbonyl (C=O) groups is 1. The number of nitrogens with zero attached hydrogens (tertiary/aromatic N) is 1. The van der Waals surface area contributed by atoms with Gasteiger partial charge in [-0.15, -0.1) is 0 Å². The van der Waals surface area contributed by atoms with E-state index in [1.54, 1.807) is 12.1 Å². The van der Waals surface area contributed by atoms with Gasteiger partial charge in [0.05, 0.1) is 23.9 Å². The first-order chi connectivity index (χ1) is 10.2. The maximum Gasteiger partial charge on any atom is 0.497 e. The van der Waals surface area contributed by atoms with Gasteiger partial charge in [-0.05, 0) is 24.3 Å². The molecule has 120 valence electrons. The summed E-state index contributed by atoms with van der Waals surface area (Å²) < 4.78 is 57.7. The Morgan fingerprint density at radius 3 is 2.32 bits per heavy atom. The SMILES string of the molecule is N#Cc1ccc(NCC(=O)NCCS(=O)(=O)C(F)(F)F)cc1. The minimum Gasteiger partial charge on any atom is -0.376 e. The fourth-order valence-electron chi connectivity index (χ4n) is 1.35. The van der Waals surface area contributed by atoms with Gasteiger partial charge in [0, 0.05) is 12.2 Å². The zero-order valence-electron chi connectivity index (χ0n) is 11.1. The fraction of sp³-hybridized carbons (Fsp3) is 0.333. The fourth-order valence-corrected chi connectivity index (χ4v) is 1.95. The second kappa shape index (κ2) is 7.13. The number of amides is 1. The number of hydrogen-bond acceptors (Lipinski definition) is 5. The summed E-state index contributed by atoms with van der Waals surface area (Å²) in [5, 5.41) is 13.4. The van der Waals surface area contributed by atoms with Crippen molar-refractivity contribution < 1.29 is 26.4 Å². The van der Waals surface area contributed by atoms with Crippen molar-refractivity contribution in [1.82, 2.24) is 5.32 Å². The van der Waals surface area contributed by atoms with Crippen molar-refractivity contribution in [3.05, 3.63) is 29.8 Å². The largest absolute Gasteiger partial charge is 0.497 e. The lowest BCUT2D eigenvalue weighted by molar-refractivity contribution is -0.119. The Bertz CT molecular complexity index is 664. The van der Waals surface area contributed by atoms with Crippen LogP contribution < -0.4 is 10.6 Å². The van der Waals surface area contributed by atoms with Crippen molar-refractivity contribution >= 4 is 21.4 Å². The third kappa shape index (κ3) is 5.25. The molecule has 1 aromatic carbocycles. The van der Waals surface area contributed by atoms with E-state index in [1.165, 1.54) is 12.1 Å². The number of nitrogens with one attached hydrogen (secondary N) is 2. The van der Waals surface area contributed by atoms with E-state index in [-0.39, 0.29) is 6.54 Å². The molecule has 0 atom stereocenters. The molecule has 0 unspecified atom stereocenters. The average molecular weight is 335 g/mol. The quantitative estimate of drug-likeness (QED) is 0.809. The smallest absolute Gasteiger partial charge is 0.376 e. The molecule has 0 radical (unpaired) electrons. The predicted molar refractivity (Wildman–Crippen MR) is 72.5 cm³/mol. The standard InChI is InChI=1S/C12H12F3N3O3S/c13-12(14,15)22(20,21)6-5-17-11(19)8-18-10-3-1-9(7-16)2-4-10/h1-4,18H,5-6,8H2,(H,17,19). The van der Waals surface area contributed by atoms with Crippen molar-refractivity contribution in [2.24, 2.45) is 0 Å². The molecule has 0 heterocycles. The highest BCUT2D eigenvalue weighted by molar-refractivity contribution is 7.92. The first-order valence-corrected chi connectivity index (χ1v) is 7.61. The maximum atomic E-state index is 12.1. The molecule has 1 amide bonds. The number of alkyl halides is 3. The minimum atomic E-state index is -5.32. The van der Waals surface area contributed by atoms with Gasteiger partial charge in [0.1, 0.15) is 0 Å². The van der Waals surface area contributed by atoms with E-state index in [1.807, 2.05) is 6.07 Å². The molecule has 0 saturated heterocycles. The van der Waals surface area contributed by atoms with Crippen LogP contribution in [-0.2, 0) is 14.6 Å². The van der Waals surface area contributed by atoms with Crippen LogP contribution in [0.5, 0.6) is 0 Å². The van der Waals surface area contributed by atoms with E-state index in [2.05, 4.69) is 10.6 Å². The van der Waals surface area contributed by atoms with Gasteiger partial charge in [-0.3, -0.25) is 4.79 Å². The van der Waals surface area contributed by atoms with Gasteiger partial charge >= 0.3 is 5.51 Å². The van der Waals surface area contributed by atoms with Gasteiger partial charge in [-0.25, -0.2) is 8.42 Å². The number of carbonyl (C=O) groups excluding carboxylic acids is 1. The third-order valence-electron chi connectivity index (χ3n) is 2.51. The Labute approximate surface area is 124 Å². The van der Waals surface area contributed by atoms with Crippen LogP contribution in [0.2, 0.25) is 0 Å². The highest BCUT2D eigenvalue weighted by Crippen LogP contribution is 2.23. The zero-order valence-corrected chi connectivity index (χ0v) is 12.0. The highest BCUT2D eigenvalue weighted by atomic mass is 32.2. The molecule has 0 aromatic heterocycles. The Kier molecular flexibility index (Phi) is 5.76. The van der Waals surface area contributed by atoms with Crippen LogP contribution in [0.25, 0.3) is 0 Å². The van der Waals surface area contributed by atoms with Crippen LogP contribution in [0.1, 0.15) is 5.56 Å². The molecule has 0 aliphatic heterocycles. The number of halogens is 3. The van der Waals surface area contributed by atoms with E-state index >= 15 is 0 Å². The summed E-state index contributed by atoms with van der Waals surface area (Å²) in [5.41, 5.74) is -4.34. The first kappa shape index (κ1) is 17.8. The Morgan fingerprint density at radius 2 is 1.82 bits per heavy atom. The summed E-state index contributed by atoms with van der Waals surface area (Å²) in [6.45, 7) is -0.867. The van der Waals surface area contributed by atoms with E-state index in [9.17, 15) is 26.4 Å². The lowest BCUT2D eigenvalue weighted by Gasteiger charge is -2.10. The van der Waals surface area contributed by atoms with Crippen LogP contribution in [0.3, 0.4) is 0 Å². The van der Waals surface area contributed by atoms with E-state index in [0.717, 1.165) is 0 Å². The zero-order chi connectivity index (χ0) is 16.8. The number of rotatable bonds is 6. The molecular formula is C12H12F3N3O3S. The Hall–Kier alpha value is -2.28. The molecule has 0 aliphatic carbocycles. The van der Waals surface area contributed by atoms with Gasteiger partial charge in [0.15, 0.2) is 0 Å². The number of hydrogen-bond donors (Lipinski definition) is 2. The van der Waals surface area contributed by atoms with Crippen LogP contribution >= 0.6 is 0 Å². The molecule has 0 bridgehead atoms. The van der Waals surface area contributed by atoms with Crippen LogP contribution in [0, 0.1) is 11.3 Å². The maximum absolute atomic E-state index is 12.1. The second-order valence-electron chi connectivity index (χ2n) is 4.16. The average Bonchev–Trinajstić information content (AvgIpc) is 2.44. The summed E-state index contributed by atoms with van der Waals surface area (Å²) in [4.78, 5) is 11.4. The number of nitriles is 1. The Morgan fingerprint density at radius 1 is 1.23 bits per heavy atom. The molecule has 2 N–H and O–H groups in total. The normalized spacial score (nSPS) is 11.5. The van der Waals surface area contributed by atoms with Crippen molar-refractivity contribution in [2.75, 3.05) is 24.2 Å². The lowest BCUT2D eigenvalue weighted by Crippen LogP contribution is -2.36. The lowest BCUT2D eigenvalue weighted by atomic mass is 10.2. The molecule has 0 fully saturated rings. The highest BCUT2D eigenvalue weighted by Gasteiger charge is 2.44. The number of sulfone groups is 1. The molecule has 6 nitrogen and oxygen atoms in total. The second-order valence-corrected chi connectivity index (χ2v) is 6.26. The van der Waals surface area contributed by atoms with E-state index < -0.39 is 33.6 Å². The molecule has 1 aromatic rings. The van der Waals surface area contributed by atoms with Crippen LogP contribution in [0.4, 0.5) is 18.9 Å². The number of benzene rings is 1. The molecule has 0 spiro atoms. The summed E-state index contributed by atoms with van der Waals surface area (Å²) in [7, 11) is -5.23. The minimum absolute atomic E-state index is 0.238. The van der Waals surface area contributed by atoms with Gasteiger partial charge in [-0.1, -0.05) is 0 Å². The van der Waals surface area contributed by atoms with Crippen molar-refractivity contribution in [1.29, 1.82) is 5.26 Å². The molecular weight excluding hydrogens is 323 g/mol. The van der Waals surface area contributed by atoms with Crippen molar-refractivity contribution in [2.45, 2.75) is 5.51 Å². The summed E-state index contributed by atoms with van der Waals surface area (Å²) in [6.07, 6.45) is 0. The topological polar surface area (TPSA) is 99.1 Å². The molecule has 10 heteroatoms. The van der Waals surface area contributed by atoms with E-state index in [0.29, 0.717) is 11.3 Å². The molecule has 1 rings (SSSR count). The molecule has 0 aliphatic rings. The van der Waals surface area contributed by atoms with Crippen molar-refractivity contribution in [3.63, 3.8) is 0 Å². The first-order valence-electron chi connectivity index (χ1n) is 5.95. The monoisotopic (exact) mass is 335 g/mol. The Balaban J connectivity index is 2.37. The molecule has 22 heavy (non-hydrogen) atoms. The predicted octanol–water partition coefficient (Wildman–Crippen LogP) is 1.02. The van der Waals surface area contributed by atoms with E-state index in [4.69, 9.17) is 5.26 Å². The van der Waals surface area contributed by atoms with Crippen LogP contribution in [-0.4, -0.2) is 38.7 Å². The van der Waals surface area contributed by atoms with Gasteiger partial charge in [0.25, 0.3) is 0 Å². The molecule has 0 saturated carbocycles. The summed E-state index contributed by atoms with van der Waals surface area (Å²) >= 11 is 0. The summed E-state index contributed by atoms with van der Waals surface area (Å²) in [6, 6.07) is 8.08. The number of anilines is 1. The summed E-state index contributed by atoms with van der Waals surface area (Å²) in [5.74, 6) is -1.86. The van der Waals surface area contributed by atoms with Crippen molar-refractivity contribution in [3.8, 4) is 6.07 Å². The van der Waals surface area contributed by atoms with Gasteiger partial charge in [0.2, 0.25) is 15.7 Å².